The number of hydrogen-bond acceptors (Lipinski definition) is 7. The number of primary amides is 1. The highest BCUT2D eigenvalue weighted by atomic mass is 16.5. The number of aryl methyl sites for hydroxylation is 1. The molecule has 1 fully saturated rings. The molecule has 2 atom stereocenters. The number of nitrogens with zero attached hydrogens (tertiary/aromatic N) is 4. The van der Waals surface area contributed by atoms with Crippen molar-refractivity contribution in [3.63, 3.8) is 0 Å². The van der Waals surface area contributed by atoms with E-state index >= 15 is 0 Å². The molecular formula is C19H20N6O4. The summed E-state index contributed by atoms with van der Waals surface area (Å²) in [5, 5.41) is 6.89. The largest absolute Gasteiger partial charge is 0.444 e. The van der Waals surface area contributed by atoms with Gasteiger partial charge >= 0.3 is 0 Å². The lowest BCUT2D eigenvalue weighted by Crippen LogP contribution is -2.19. The molecule has 0 saturated carbocycles. The molecule has 0 bridgehead atoms. The number of aromatic nitrogens is 4. The van der Waals surface area contributed by atoms with E-state index in [2.05, 4.69) is 20.4 Å². The first-order valence-corrected chi connectivity index (χ1v) is 9.13. The van der Waals surface area contributed by atoms with Crippen molar-refractivity contribution in [1.29, 1.82) is 0 Å². The Labute approximate surface area is 166 Å². The summed E-state index contributed by atoms with van der Waals surface area (Å²) in [7, 11) is 0. The fourth-order valence-electron chi connectivity index (χ4n) is 3.28. The number of hydrogen-bond donors (Lipinski definition) is 2. The van der Waals surface area contributed by atoms with Crippen LogP contribution in [0.25, 0.3) is 11.5 Å². The molecule has 1 aliphatic rings. The van der Waals surface area contributed by atoms with Crippen LogP contribution < -0.4 is 11.1 Å². The maximum Gasteiger partial charge on any atom is 0.277 e. The van der Waals surface area contributed by atoms with Crippen molar-refractivity contribution in [2.24, 2.45) is 5.73 Å². The van der Waals surface area contributed by atoms with E-state index in [1.807, 2.05) is 13.8 Å². The molecular weight excluding hydrogens is 376 g/mol. The normalized spacial score (nSPS) is 18.7. The molecule has 1 aliphatic heterocycles. The number of anilines is 1. The van der Waals surface area contributed by atoms with Crippen molar-refractivity contribution < 1.29 is 18.7 Å². The van der Waals surface area contributed by atoms with Gasteiger partial charge in [0.15, 0.2) is 11.4 Å². The first kappa shape index (κ1) is 18.8. The maximum absolute atomic E-state index is 12.6. The van der Waals surface area contributed by atoms with Crippen LogP contribution in [-0.4, -0.2) is 44.3 Å². The summed E-state index contributed by atoms with van der Waals surface area (Å²) in [6.07, 6.45) is 5.17. The third kappa shape index (κ3) is 3.74. The van der Waals surface area contributed by atoms with Crippen LogP contribution in [-0.2, 0) is 4.74 Å². The molecule has 150 valence electrons. The van der Waals surface area contributed by atoms with Crippen LogP contribution in [0.4, 0.5) is 5.69 Å². The molecule has 0 aliphatic carbocycles. The summed E-state index contributed by atoms with van der Waals surface area (Å²) in [6, 6.07) is 3.50. The third-order valence-corrected chi connectivity index (χ3v) is 4.77. The second kappa shape index (κ2) is 7.47. The Kier molecular flexibility index (Phi) is 4.85. The van der Waals surface area contributed by atoms with Crippen molar-refractivity contribution in [3.05, 3.63) is 47.9 Å². The molecule has 10 nitrogen and oxygen atoms in total. The molecule has 0 spiro atoms. The molecule has 29 heavy (non-hydrogen) atoms. The molecule has 0 unspecified atom stereocenters. The van der Waals surface area contributed by atoms with Gasteiger partial charge in [0.05, 0.1) is 17.8 Å². The van der Waals surface area contributed by atoms with E-state index < -0.39 is 11.8 Å². The van der Waals surface area contributed by atoms with Gasteiger partial charge in [-0.3, -0.25) is 19.3 Å². The second-order valence-electron chi connectivity index (χ2n) is 6.85. The van der Waals surface area contributed by atoms with Gasteiger partial charge in [-0.15, -0.1) is 0 Å². The summed E-state index contributed by atoms with van der Waals surface area (Å²) >= 11 is 0. The number of amides is 2. The van der Waals surface area contributed by atoms with Crippen molar-refractivity contribution in [2.75, 3.05) is 11.9 Å². The van der Waals surface area contributed by atoms with Gasteiger partial charge in [-0.1, -0.05) is 0 Å². The van der Waals surface area contributed by atoms with Gasteiger partial charge in [-0.2, -0.15) is 5.10 Å². The lowest BCUT2D eigenvalue weighted by molar-refractivity contribution is 0.0984. The molecule has 0 radical (unpaired) electrons. The van der Waals surface area contributed by atoms with Crippen molar-refractivity contribution in [1.82, 2.24) is 19.7 Å². The van der Waals surface area contributed by atoms with Crippen LogP contribution in [0.2, 0.25) is 0 Å². The number of nitrogens with two attached hydrogens (primary N) is 1. The van der Waals surface area contributed by atoms with Crippen molar-refractivity contribution >= 4 is 17.5 Å². The van der Waals surface area contributed by atoms with Crippen molar-refractivity contribution in [3.8, 4) is 11.5 Å². The Balaban J connectivity index is 1.57. The third-order valence-electron chi connectivity index (χ3n) is 4.77. The number of carbonyl (C=O) groups excluding carboxylic acids is 2. The number of ether oxygens (including phenoxy) is 1. The number of rotatable bonds is 5. The van der Waals surface area contributed by atoms with E-state index in [0.29, 0.717) is 18.1 Å². The average molecular weight is 396 g/mol. The minimum absolute atomic E-state index is 0.0223. The Hall–Kier alpha value is -3.53. The van der Waals surface area contributed by atoms with Gasteiger partial charge in [0.1, 0.15) is 6.26 Å². The highest BCUT2D eigenvalue weighted by Gasteiger charge is 2.29. The zero-order chi connectivity index (χ0) is 20.5. The van der Waals surface area contributed by atoms with Crippen LogP contribution in [0.5, 0.6) is 0 Å². The Morgan fingerprint density at radius 2 is 2.21 bits per heavy atom. The van der Waals surface area contributed by atoms with E-state index in [1.165, 1.54) is 6.26 Å². The monoisotopic (exact) mass is 396 g/mol. The van der Waals surface area contributed by atoms with Crippen LogP contribution in [0.1, 0.15) is 46.1 Å². The maximum atomic E-state index is 12.6. The predicted molar refractivity (Wildman–Crippen MR) is 102 cm³/mol. The second-order valence-corrected chi connectivity index (χ2v) is 6.85. The molecule has 2 amide bonds. The summed E-state index contributed by atoms with van der Waals surface area (Å²) in [4.78, 5) is 32.8. The molecule has 1 saturated heterocycles. The van der Waals surface area contributed by atoms with E-state index in [9.17, 15) is 9.59 Å². The standard InChI is InChI=1S/C19H20N6O4/c1-10-7-12(3-5-21-10)19-23-14(9-29-19)18(27)22-13-8-25(24-16(13)17(20)26)15-4-6-28-11(15)2/h3,5,7-9,11,15H,4,6H2,1-2H3,(H2,20,26)(H,22,27)/t11-,15-/m1/s1. The van der Waals surface area contributed by atoms with Gasteiger partial charge < -0.3 is 20.2 Å². The molecule has 3 aromatic rings. The number of carbonyl (C=O) groups is 2. The molecule has 4 rings (SSSR count). The van der Waals surface area contributed by atoms with Crippen LogP contribution in [0, 0.1) is 6.92 Å². The number of oxazole rings is 1. The molecule has 10 heteroatoms. The average Bonchev–Trinajstić information content (AvgIpc) is 3.40. The van der Waals surface area contributed by atoms with Crippen molar-refractivity contribution in [2.45, 2.75) is 32.4 Å². The summed E-state index contributed by atoms with van der Waals surface area (Å²) in [5.41, 5.74) is 7.20. The first-order chi connectivity index (χ1) is 13.9. The summed E-state index contributed by atoms with van der Waals surface area (Å²) in [5.74, 6) is -0.981. The van der Waals surface area contributed by atoms with Gasteiger partial charge in [0.2, 0.25) is 5.89 Å². The Morgan fingerprint density at radius 3 is 2.90 bits per heavy atom. The van der Waals surface area contributed by atoms with Crippen LogP contribution in [0.15, 0.2) is 35.2 Å². The minimum atomic E-state index is -0.737. The topological polar surface area (TPSA) is 138 Å². The SMILES string of the molecule is Cc1cc(-c2nc(C(=O)Nc3cn([C@@H]4CCO[C@@H]4C)nc3C(N)=O)co2)ccn1. The highest BCUT2D eigenvalue weighted by Crippen LogP contribution is 2.28. The van der Waals surface area contributed by atoms with E-state index in [4.69, 9.17) is 14.9 Å². The van der Waals surface area contributed by atoms with Crippen LogP contribution >= 0.6 is 0 Å². The molecule has 4 heterocycles. The fraction of sp³-hybridized carbons (Fsp3) is 0.316. The molecule has 3 N–H and O–H groups in total. The summed E-state index contributed by atoms with van der Waals surface area (Å²) < 4.78 is 12.6. The zero-order valence-corrected chi connectivity index (χ0v) is 16.0. The van der Waals surface area contributed by atoms with E-state index in [1.54, 1.807) is 29.2 Å². The highest BCUT2D eigenvalue weighted by molar-refractivity contribution is 6.07. The zero-order valence-electron chi connectivity index (χ0n) is 16.0. The number of nitrogens with one attached hydrogen (secondary N) is 1. The van der Waals surface area contributed by atoms with Gasteiger partial charge in [0, 0.05) is 30.3 Å². The van der Waals surface area contributed by atoms with E-state index in [0.717, 1.165) is 12.1 Å². The van der Waals surface area contributed by atoms with Gasteiger partial charge in [0.25, 0.3) is 11.8 Å². The molecule has 3 aromatic heterocycles. The lowest BCUT2D eigenvalue weighted by atomic mass is 10.2. The quantitative estimate of drug-likeness (QED) is 0.672. The fourth-order valence-corrected chi connectivity index (χ4v) is 3.28. The van der Waals surface area contributed by atoms with Gasteiger partial charge in [-0.05, 0) is 32.4 Å². The van der Waals surface area contributed by atoms with Gasteiger partial charge in [-0.25, -0.2) is 4.98 Å². The summed E-state index contributed by atoms with van der Waals surface area (Å²) in [6.45, 7) is 4.38. The van der Waals surface area contributed by atoms with Crippen LogP contribution in [0.3, 0.4) is 0 Å². The molecule has 0 aromatic carbocycles. The minimum Gasteiger partial charge on any atom is -0.444 e. The number of pyridine rings is 1. The smallest absolute Gasteiger partial charge is 0.277 e. The Bertz CT molecular complexity index is 1070. The first-order valence-electron chi connectivity index (χ1n) is 9.13. The lowest BCUT2D eigenvalue weighted by Gasteiger charge is -2.13. The predicted octanol–water partition coefficient (Wildman–Crippen LogP) is 1.94. The Morgan fingerprint density at radius 1 is 1.38 bits per heavy atom. The van der Waals surface area contributed by atoms with E-state index in [-0.39, 0.29) is 29.2 Å².